The average Bonchev–Trinajstić information content (AvgIpc) is 2.66. The molecule has 0 bridgehead atoms. The number of rotatable bonds is 7. The SMILES string of the molecule is COC(=O)/C=C(/Nc1ccc(S(=O)(=O)Nc2cccc(Cl)c2)cc1)C(=O)OC. The maximum absolute atomic E-state index is 12.5. The van der Waals surface area contributed by atoms with Crippen molar-refractivity contribution in [2.24, 2.45) is 0 Å². The molecule has 148 valence electrons. The lowest BCUT2D eigenvalue weighted by Crippen LogP contribution is -2.16. The van der Waals surface area contributed by atoms with Crippen LogP contribution < -0.4 is 10.0 Å². The number of hydrogen-bond acceptors (Lipinski definition) is 7. The van der Waals surface area contributed by atoms with Gasteiger partial charge in [-0.25, -0.2) is 18.0 Å². The molecule has 0 saturated heterocycles. The zero-order chi connectivity index (χ0) is 20.7. The van der Waals surface area contributed by atoms with Gasteiger partial charge < -0.3 is 14.8 Å². The van der Waals surface area contributed by atoms with Crippen LogP contribution in [0.4, 0.5) is 11.4 Å². The van der Waals surface area contributed by atoms with Crippen LogP contribution in [0.1, 0.15) is 0 Å². The van der Waals surface area contributed by atoms with E-state index in [1.54, 1.807) is 18.2 Å². The highest BCUT2D eigenvalue weighted by Gasteiger charge is 2.16. The van der Waals surface area contributed by atoms with Crippen molar-refractivity contribution in [2.45, 2.75) is 4.90 Å². The van der Waals surface area contributed by atoms with Crippen LogP contribution in [0.3, 0.4) is 0 Å². The van der Waals surface area contributed by atoms with E-state index >= 15 is 0 Å². The number of benzene rings is 2. The van der Waals surface area contributed by atoms with Gasteiger partial charge in [-0.15, -0.1) is 0 Å². The number of esters is 2. The van der Waals surface area contributed by atoms with Crippen molar-refractivity contribution in [3.63, 3.8) is 0 Å². The fourth-order valence-electron chi connectivity index (χ4n) is 2.07. The predicted octanol–water partition coefficient (Wildman–Crippen LogP) is 2.78. The fourth-order valence-corrected chi connectivity index (χ4v) is 3.31. The molecule has 0 unspecified atom stereocenters. The molecule has 2 N–H and O–H groups in total. The maximum Gasteiger partial charge on any atom is 0.354 e. The van der Waals surface area contributed by atoms with Gasteiger partial charge in [-0.2, -0.15) is 0 Å². The van der Waals surface area contributed by atoms with E-state index in [0.29, 0.717) is 16.4 Å². The molecule has 0 aromatic heterocycles. The van der Waals surface area contributed by atoms with Crippen molar-refractivity contribution in [3.8, 4) is 0 Å². The summed E-state index contributed by atoms with van der Waals surface area (Å²) in [5.41, 5.74) is 0.521. The monoisotopic (exact) mass is 424 g/mol. The highest BCUT2D eigenvalue weighted by atomic mass is 35.5. The highest BCUT2D eigenvalue weighted by molar-refractivity contribution is 7.92. The Morgan fingerprint density at radius 3 is 2.25 bits per heavy atom. The molecule has 0 fully saturated rings. The summed E-state index contributed by atoms with van der Waals surface area (Å²) in [6, 6.07) is 11.8. The van der Waals surface area contributed by atoms with E-state index in [9.17, 15) is 18.0 Å². The fraction of sp³-hybridized carbons (Fsp3) is 0.111. The van der Waals surface area contributed by atoms with Gasteiger partial charge in [0, 0.05) is 10.7 Å². The van der Waals surface area contributed by atoms with Crippen LogP contribution in [0, 0.1) is 0 Å². The lowest BCUT2D eigenvalue weighted by Gasteiger charge is -2.11. The Morgan fingerprint density at radius 1 is 1.00 bits per heavy atom. The first-order valence-corrected chi connectivity index (χ1v) is 9.64. The average molecular weight is 425 g/mol. The zero-order valence-electron chi connectivity index (χ0n) is 14.9. The van der Waals surface area contributed by atoms with Crippen LogP contribution in [-0.2, 0) is 29.1 Å². The van der Waals surface area contributed by atoms with E-state index in [1.165, 1.54) is 37.4 Å². The Balaban J connectivity index is 2.20. The molecule has 0 spiro atoms. The molecular weight excluding hydrogens is 408 g/mol. The third kappa shape index (κ3) is 5.73. The van der Waals surface area contributed by atoms with Crippen LogP contribution in [0.2, 0.25) is 5.02 Å². The van der Waals surface area contributed by atoms with Gasteiger partial charge in [-0.05, 0) is 42.5 Å². The van der Waals surface area contributed by atoms with E-state index in [2.05, 4.69) is 19.5 Å². The van der Waals surface area contributed by atoms with E-state index < -0.39 is 22.0 Å². The van der Waals surface area contributed by atoms with Gasteiger partial charge in [0.05, 0.1) is 30.9 Å². The molecule has 0 aliphatic rings. The van der Waals surface area contributed by atoms with Crippen LogP contribution in [0.5, 0.6) is 0 Å². The Labute approximate surface area is 167 Å². The van der Waals surface area contributed by atoms with Crippen LogP contribution in [-0.4, -0.2) is 34.6 Å². The van der Waals surface area contributed by atoms with E-state index in [0.717, 1.165) is 13.2 Å². The number of nitrogens with one attached hydrogen (secondary N) is 2. The second-order valence-electron chi connectivity index (χ2n) is 5.34. The summed E-state index contributed by atoms with van der Waals surface area (Å²) in [6.07, 6.45) is 0.928. The summed E-state index contributed by atoms with van der Waals surface area (Å²) in [5.74, 6) is -1.54. The molecular formula is C18H17ClN2O6S. The van der Waals surface area contributed by atoms with Crippen molar-refractivity contribution < 1.29 is 27.5 Å². The molecule has 8 nitrogen and oxygen atoms in total. The molecule has 2 aromatic carbocycles. The molecule has 0 heterocycles. The summed E-state index contributed by atoms with van der Waals surface area (Å²) in [5, 5.41) is 3.08. The van der Waals surface area contributed by atoms with E-state index in [4.69, 9.17) is 11.6 Å². The molecule has 2 rings (SSSR count). The van der Waals surface area contributed by atoms with Crippen molar-refractivity contribution in [1.29, 1.82) is 0 Å². The van der Waals surface area contributed by atoms with Crippen LogP contribution >= 0.6 is 11.6 Å². The Morgan fingerprint density at radius 2 is 1.68 bits per heavy atom. The summed E-state index contributed by atoms with van der Waals surface area (Å²) < 4.78 is 36.4. The molecule has 0 radical (unpaired) electrons. The van der Waals surface area contributed by atoms with E-state index in [-0.39, 0.29) is 10.6 Å². The van der Waals surface area contributed by atoms with Crippen molar-refractivity contribution in [3.05, 3.63) is 65.3 Å². The van der Waals surface area contributed by atoms with Crippen LogP contribution in [0.25, 0.3) is 0 Å². The lowest BCUT2D eigenvalue weighted by atomic mass is 10.3. The molecule has 0 amide bonds. The van der Waals surface area contributed by atoms with Gasteiger partial charge in [0.1, 0.15) is 5.70 Å². The third-order valence-corrected chi connectivity index (χ3v) is 5.02. The minimum atomic E-state index is -3.84. The minimum absolute atomic E-state index is 0.00501. The van der Waals surface area contributed by atoms with E-state index in [1.807, 2.05) is 0 Å². The number of methoxy groups -OCH3 is 2. The second kappa shape index (κ2) is 9.25. The van der Waals surface area contributed by atoms with Gasteiger partial charge in [0.15, 0.2) is 0 Å². The lowest BCUT2D eigenvalue weighted by molar-refractivity contribution is -0.138. The Kier molecular flexibility index (Phi) is 7.02. The van der Waals surface area contributed by atoms with Gasteiger partial charge in [-0.1, -0.05) is 17.7 Å². The van der Waals surface area contributed by atoms with Gasteiger partial charge in [-0.3, -0.25) is 4.72 Å². The first-order valence-electron chi connectivity index (χ1n) is 7.78. The molecule has 0 atom stereocenters. The molecule has 0 aliphatic heterocycles. The third-order valence-electron chi connectivity index (χ3n) is 3.39. The van der Waals surface area contributed by atoms with Crippen LogP contribution in [0.15, 0.2) is 65.2 Å². The van der Waals surface area contributed by atoms with Crippen molar-refractivity contribution in [1.82, 2.24) is 0 Å². The molecule has 0 saturated carbocycles. The largest absolute Gasteiger partial charge is 0.466 e. The minimum Gasteiger partial charge on any atom is -0.466 e. The first kappa shape index (κ1) is 21.3. The summed E-state index contributed by atoms with van der Waals surface area (Å²) in [6.45, 7) is 0. The first-order chi connectivity index (χ1) is 13.2. The number of sulfonamides is 1. The topological polar surface area (TPSA) is 111 Å². The number of carbonyl (C=O) groups excluding carboxylic acids is 2. The summed E-state index contributed by atoms with van der Waals surface area (Å²) in [7, 11) is -1.51. The maximum atomic E-state index is 12.5. The number of ether oxygens (including phenoxy) is 2. The second-order valence-corrected chi connectivity index (χ2v) is 7.46. The molecule has 28 heavy (non-hydrogen) atoms. The molecule has 10 heteroatoms. The smallest absolute Gasteiger partial charge is 0.354 e. The van der Waals surface area contributed by atoms with Gasteiger partial charge in [0.2, 0.25) is 0 Å². The van der Waals surface area contributed by atoms with Crippen molar-refractivity contribution in [2.75, 3.05) is 24.3 Å². The Bertz CT molecular complexity index is 1000. The number of hydrogen-bond donors (Lipinski definition) is 2. The highest BCUT2D eigenvalue weighted by Crippen LogP contribution is 2.21. The van der Waals surface area contributed by atoms with Gasteiger partial charge >= 0.3 is 11.9 Å². The number of anilines is 2. The summed E-state index contributed by atoms with van der Waals surface area (Å²) >= 11 is 5.85. The quantitative estimate of drug-likeness (QED) is 0.519. The standard InChI is InChI=1S/C18H17ClN2O6S/c1-26-17(22)11-16(18(23)27-2)20-13-6-8-15(9-7-13)28(24,25)21-14-5-3-4-12(19)10-14/h3-11,20-21H,1-2H3/b16-11+. The zero-order valence-corrected chi connectivity index (χ0v) is 16.5. The number of halogens is 1. The summed E-state index contributed by atoms with van der Waals surface area (Å²) in [4.78, 5) is 23.1. The van der Waals surface area contributed by atoms with Gasteiger partial charge in [0.25, 0.3) is 10.0 Å². The molecule has 2 aromatic rings. The normalized spacial score (nSPS) is 11.5. The molecule has 0 aliphatic carbocycles. The number of carbonyl (C=O) groups is 2. The predicted molar refractivity (Wildman–Crippen MR) is 104 cm³/mol. The Hall–Kier alpha value is -3.04. The van der Waals surface area contributed by atoms with Crippen molar-refractivity contribution >= 4 is 44.9 Å².